The summed E-state index contributed by atoms with van der Waals surface area (Å²) in [6.45, 7) is 2.95. The highest BCUT2D eigenvalue weighted by Crippen LogP contribution is 2.10. The number of nitrogens with zero attached hydrogens (tertiary/aromatic N) is 2. The summed E-state index contributed by atoms with van der Waals surface area (Å²) in [7, 11) is 0. The zero-order valence-corrected chi connectivity index (χ0v) is 10.4. The van der Waals surface area contributed by atoms with Gasteiger partial charge in [0, 0.05) is 12.6 Å². The number of halogens is 1. The number of aryl methyl sites for hydroxylation is 1. The van der Waals surface area contributed by atoms with E-state index in [4.69, 9.17) is 11.6 Å². The van der Waals surface area contributed by atoms with E-state index in [2.05, 4.69) is 46.5 Å². The summed E-state index contributed by atoms with van der Waals surface area (Å²) in [6, 6.07) is 10.1. The van der Waals surface area contributed by atoms with E-state index in [1.54, 1.807) is 6.07 Å². The van der Waals surface area contributed by atoms with Crippen molar-refractivity contribution in [3.8, 4) is 0 Å². The maximum Gasteiger partial charge on any atom is 0.134 e. The van der Waals surface area contributed by atoms with Crippen LogP contribution in [0.3, 0.4) is 0 Å². The molecule has 0 radical (unpaired) electrons. The molecule has 1 N–H and O–H groups in total. The van der Waals surface area contributed by atoms with Crippen molar-refractivity contribution in [2.75, 3.05) is 11.9 Å². The van der Waals surface area contributed by atoms with Crippen LogP contribution in [0.25, 0.3) is 0 Å². The van der Waals surface area contributed by atoms with Gasteiger partial charge < -0.3 is 5.32 Å². The molecule has 0 saturated carbocycles. The van der Waals surface area contributed by atoms with Crippen LogP contribution in [0.2, 0.25) is 5.15 Å². The third-order valence-electron chi connectivity index (χ3n) is 2.60. The third kappa shape index (κ3) is 3.43. The van der Waals surface area contributed by atoms with Crippen molar-refractivity contribution in [2.24, 2.45) is 0 Å². The molecule has 0 atom stereocenters. The summed E-state index contributed by atoms with van der Waals surface area (Å²) < 4.78 is 0. The van der Waals surface area contributed by atoms with Crippen LogP contribution in [0.5, 0.6) is 0 Å². The molecule has 88 valence electrons. The predicted molar refractivity (Wildman–Crippen MR) is 70.4 cm³/mol. The van der Waals surface area contributed by atoms with Crippen molar-refractivity contribution in [2.45, 2.75) is 13.3 Å². The Morgan fingerprint density at radius 3 is 2.82 bits per heavy atom. The average Bonchev–Trinajstić information content (AvgIpc) is 2.32. The molecule has 0 bridgehead atoms. The second-order valence-electron chi connectivity index (χ2n) is 3.83. The molecule has 0 aliphatic carbocycles. The van der Waals surface area contributed by atoms with E-state index in [1.165, 1.54) is 17.5 Å². The first-order valence-electron chi connectivity index (χ1n) is 5.51. The summed E-state index contributed by atoms with van der Waals surface area (Å²) in [6.07, 6.45) is 2.42. The minimum absolute atomic E-state index is 0.457. The lowest BCUT2D eigenvalue weighted by molar-refractivity contribution is 0.988. The number of benzene rings is 1. The molecular formula is C13H14ClN3. The van der Waals surface area contributed by atoms with Gasteiger partial charge in [-0.15, -0.1) is 0 Å². The van der Waals surface area contributed by atoms with Crippen molar-refractivity contribution in [1.82, 2.24) is 9.97 Å². The van der Waals surface area contributed by atoms with Gasteiger partial charge in [0.25, 0.3) is 0 Å². The molecular weight excluding hydrogens is 234 g/mol. The SMILES string of the molecule is Cc1ccccc1CCNc1cc(Cl)ncn1. The van der Waals surface area contributed by atoms with E-state index in [9.17, 15) is 0 Å². The Bertz CT molecular complexity index is 500. The van der Waals surface area contributed by atoms with Crippen LogP contribution in [0.4, 0.5) is 5.82 Å². The van der Waals surface area contributed by atoms with Crippen LogP contribution < -0.4 is 5.32 Å². The van der Waals surface area contributed by atoms with Gasteiger partial charge in [-0.1, -0.05) is 35.9 Å². The molecule has 1 heterocycles. The largest absolute Gasteiger partial charge is 0.370 e. The molecule has 2 rings (SSSR count). The number of hydrogen-bond acceptors (Lipinski definition) is 3. The van der Waals surface area contributed by atoms with Crippen LogP contribution in [-0.4, -0.2) is 16.5 Å². The smallest absolute Gasteiger partial charge is 0.134 e. The molecule has 17 heavy (non-hydrogen) atoms. The molecule has 0 spiro atoms. The molecule has 0 unspecified atom stereocenters. The van der Waals surface area contributed by atoms with Crippen molar-refractivity contribution in [3.05, 3.63) is 52.9 Å². The van der Waals surface area contributed by atoms with Gasteiger partial charge in [-0.3, -0.25) is 0 Å². The van der Waals surface area contributed by atoms with Crippen LogP contribution in [0.1, 0.15) is 11.1 Å². The summed E-state index contributed by atoms with van der Waals surface area (Å²) in [4.78, 5) is 7.92. The van der Waals surface area contributed by atoms with Crippen molar-refractivity contribution < 1.29 is 0 Å². The summed E-state index contributed by atoms with van der Waals surface area (Å²) in [5.74, 6) is 0.763. The highest BCUT2D eigenvalue weighted by molar-refractivity contribution is 6.29. The van der Waals surface area contributed by atoms with Crippen molar-refractivity contribution in [3.63, 3.8) is 0 Å². The molecule has 0 saturated heterocycles. The fourth-order valence-electron chi connectivity index (χ4n) is 1.65. The molecule has 0 amide bonds. The van der Waals surface area contributed by atoms with E-state index < -0.39 is 0 Å². The number of rotatable bonds is 4. The van der Waals surface area contributed by atoms with Gasteiger partial charge in [-0.2, -0.15) is 0 Å². The fraction of sp³-hybridized carbons (Fsp3) is 0.231. The topological polar surface area (TPSA) is 37.8 Å². The first-order valence-corrected chi connectivity index (χ1v) is 5.89. The summed E-state index contributed by atoms with van der Waals surface area (Å²) >= 11 is 5.77. The molecule has 3 nitrogen and oxygen atoms in total. The lowest BCUT2D eigenvalue weighted by Crippen LogP contribution is -2.07. The minimum Gasteiger partial charge on any atom is -0.370 e. The van der Waals surface area contributed by atoms with Crippen LogP contribution in [-0.2, 0) is 6.42 Å². The Kier molecular flexibility index (Phi) is 3.94. The van der Waals surface area contributed by atoms with Gasteiger partial charge >= 0.3 is 0 Å². The zero-order chi connectivity index (χ0) is 12.1. The Morgan fingerprint density at radius 2 is 2.06 bits per heavy atom. The van der Waals surface area contributed by atoms with Crippen LogP contribution in [0, 0.1) is 6.92 Å². The summed E-state index contributed by atoms with van der Waals surface area (Å²) in [5.41, 5.74) is 2.66. The van der Waals surface area contributed by atoms with Crippen LogP contribution >= 0.6 is 11.6 Å². The number of hydrogen-bond donors (Lipinski definition) is 1. The second-order valence-corrected chi connectivity index (χ2v) is 4.22. The Hall–Kier alpha value is -1.61. The normalized spacial score (nSPS) is 10.2. The Morgan fingerprint density at radius 1 is 1.24 bits per heavy atom. The van der Waals surface area contributed by atoms with Crippen molar-refractivity contribution in [1.29, 1.82) is 0 Å². The van der Waals surface area contributed by atoms with Crippen molar-refractivity contribution >= 4 is 17.4 Å². The number of anilines is 1. The maximum atomic E-state index is 5.77. The van der Waals surface area contributed by atoms with Gasteiger partial charge in [-0.05, 0) is 24.5 Å². The number of nitrogens with one attached hydrogen (secondary N) is 1. The zero-order valence-electron chi connectivity index (χ0n) is 9.65. The van der Waals surface area contributed by atoms with Crippen LogP contribution in [0.15, 0.2) is 36.7 Å². The second kappa shape index (κ2) is 5.64. The first kappa shape index (κ1) is 11.9. The summed E-state index contributed by atoms with van der Waals surface area (Å²) in [5, 5.41) is 3.68. The minimum atomic E-state index is 0.457. The fourth-order valence-corrected chi connectivity index (χ4v) is 1.79. The Balaban J connectivity index is 1.90. The predicted octanol–water partition coefficient (Wildman–Crippen LogP) is 3.09. The van der Waals surface area contributed by atoms with E-state index in [0.29, 0.717) is 5.15 Å². The quantitative estimate of drug-likeness (QED) is 0.844. The lowest BCUT2D eigenvalue weighted by Gasteiger charge is -2.07. The van der Waals surface area contributed by atoms with Gasteiger partial charge in [0.2, 0.25) is 0 Å². The van der Waals surface area contributed by atoms with Gasteiger partial charge in [0.05, 0.1) is 0 Å². The molecule has 4 heteroatoms. The molecule has 2 aromatic rings. The monoisotopic (exact) mass is 247 g/mol. The van der Waals surface area contributed by atoms with Gasteiger partial charge in [0.1, 0.15) is 17.3 Å². The van der Waals surface area contributed by atoms with Gasteiger partial charge in [0.15, 0.2) is 0 Å². The maximum absolute atomic E-state index is 5.77. The molecule has 0 fully saturated rings. The molecule has 1 aromatic carbocycles. The average molecular weight is 248 g/mol. The molecule has 0 aliphatic heterocycles. The third-order valence-corrected chi connectivity index (χ3v) is 2.80. The van der Waals surface area contributed by atoms with E-state index in [1.807, 2.05) is 0 Å². The standard InChI is InChI=1S/C13H14ClN3/c1-10-4-2-3-5-11(10)6-7-15-13-8-12(14)16-9-17-13/h2-5,8-9H,6-7H2,1H3,(H,15,16,17). The van der Waals surface area contributed by atoms with Gasteiger partial charge in [-0.25, -0.2) is 9.97 Å². The lowest BCUT2D eigenvalue weighted by atomic mass is 10.1. The van der Waals surface area contributed by atoms with E-state index in [0.717, 1.165) is 18.8 Å². The highest BCUT2D eigenvalue weighted by atomic mass is 35.5. The van der Waals surface area contributed by atoms with E-state index >= 15 is 0 Å². The molecule has 1 aromatic heterocycles. The Labute approximate surface area is 106 Å². The first-order chi connectivity index (χ1) is 8.25. The van der Waals surface area contributed by atoms with E-state index in [-0.39, 0.29) is 0 Å². The number of aromatic nitrogens is 2. The highest BCUT2D eigenvalue weighted by Gasteiger charge is 1.98. The molecule has 0 aliphatic rings.